The number of alkyl halides is 6. The van der Waals surface area contributed by atoms with E-state index in [2.05, 4.69) is 0 Å². The molecular weight excluding hydrogens is 581 g/mol. The fourth-order valence-electron chi connectivity index (χ4n) is 5.60. The molecule has 8 heteroatoms. The summed E-state index contributed by atoms with van der Waals surface area (Å²) in [6, 6.07) is 37.6. The van der Waals surface area contributed by atoms with E-state index in [1.807, 2.05) is 66.7 Å². The molecule has 216 valence electrons. The van der Waals surface area contributed by atoms with Gasteiger partial charge in [-0.05, 0) is 56.5 Å². The third-order valence-electron chi connectivity index (χ3n) is 7.57. The van der Waals surface area contributed by atoms with Crippen LogP contribution in [0.3, 0.4) is 0 Å². The Bertz CT molecular complexity index is 1860. The molecule has 6 aromatic carbocycles. The molecule has 1 N–H and O–H groups in total. The van der Waals surface area contributed by atoms with E-state index in [9.17, 15) is 31.4 Å². The van der Waals surface area contributed by atoms with Crippen molar-refractivity contribution in [1.29, 1.82) is 0 Å². The Morgan fingerprint density at radius 2 is 0.860 bits per heavy atom. The van der Waals surface area contributed by atoms with Crippen molar-refractivity contribution in [3.05, 3.63) is 139 Å². The molecule has 0 amide bonds. The zero-order valence-corrected chi connectivity index (χ0v) is 23.3. The standard InChI is InChI=1S/C35H23F6OP/c36-34(37,38)33(42,35(39,40)41)29-21-19-23-11-7-9-17-27(23)31(29)32-28-18-10-8-12-24(28)20-22-30(32)43(25-13-3-1-4-14-25)26-15-5-2-6-16-26/h1-22,42H. The van der Waals surface area contributed by atoms with Crippen LogP contribution in [0.4, 0.5) is 26.3 Å². The maximum atomic E-state index is 14.5. The second-order valence-electron chi connectivity index (χ2n) is 10.1. The molecule has 0 atom stereocenters. The summed E-state index contributed by atoms with van der Waals surface area (Å²) in [5.41, 5.74) is -6.48. The molecule has 0 bridgehead atoms. The molecular formula is C35H23F6OP. The van der Waals surface area contributed by atoms with Gasteiger partial charge in [-0.25, -0.2) is 0 Å². The third-order valence-corrected chi connectivity index (χ3v) is 10.0. The van der Waals surface area contributed by atoms with E-state index in [0.29, 0.717) is 21.5 Å². The Balaban J connectivity index is 1.84. The van der Waals surface area contributed by atoms with E-state index in [1.54, 1.807) is 48.5 Å². The first kappa shape index (κ1) is 28.9. The maximum Gasteiger partial charge on any atom is 0.430 e. The van der Waals surface area contributed by atoms with E-state index in [-0.39, 0.29) is 16.5 Å². The second-order valence-corrected chi connectivity index (χ2v) is 12.3. The van der Waals surface area contributed by atoms with Crippen LogP contribution in [-0.4, -0.2) is 17.5 Å². The summed E-state index contributed by atoms with van der Waals surface area (Å²) in [6.07, 6.45) is -12.1. The first-order valence-electron chi connectivity index (χ1n) is 13.3. The first-order chi connectivity index (χ1) is 20.5. The highest BCUT2D eigenvalue weighted by Gasteiger charge is 2.72. The lowest BCUT2D eigenvalue weighted by molar-refractivity contribution is -0.376. The Morgan fingerprint density at radius 3 is 1.35 bits per heavy atom. The number of benzene rings is 6. The summed E-state index contributed by atoms with van der Waals surface area (Å²) in [6.45, 7) is 0. The maximum absolute atomic E-state index is 14.5. The molecule has 6 aromatic rings. The van der Waals surface area contributed by atoms with Crippen LogP contribution in [0.5, 0.6) is 0 Å². The van der Waals surface area contributed by atoms with Gasteiger partial charge in [0.25, 0.3) is 5.60 Å². The van der Waals surface area contributed by atoms with Crippen molar-refractivity contribution in [3.8, 4) is 11.1 Å². The fourth-order valence-corrected chi connectivity index (χ4v) is 8.07. The Kier molecular flexibility index (Phi) is 7.27. The molecule has 6 rings (SSSR count). The lowest BCUT2D eigenvalue weighted by Crippen LogP contribution is -2.54. The predicted molar refractivity (Wildman–Crippen MR) is 162 cm³/mol. The summed E-state index contributed by atoms with van der Waals surface area (Å²) in [5, 5.41) is 14.9. The van der Waals surface area contributed by atoms with Gasteiger partial charge >= 0.3 is 12.4 Å². The molecule has 0 spiro atoms. The SMILES string of the molecule is OC(c1ccc2ccccc2c1-c1c(P(c2ccccc2)c2ccccc2)ccc2ccccc12)(C(F)(F)F)C(F)(F)F. The van der Waals surface area contributed by atoms with Crippen LogP contribution in [-0.2, 0) is 5.60 Å². The van der Waals surface area contributed by atoms with E-state index >= 15 is 0 Å². The lowest BCUT2D eigenvalue weighted by Gasteiger charge is -2.35. The van der Waals surface area contributed by atoms with Gasteiger partial charge in [0.2, 0.25) is 0 Å². The van der Waals surface area contributed by atoms with Crippen LogP contribution < -0.4 is 15.9 Å². The summed E-state index contributed by atoms with van der Waals surface area (Å²) in [5.74, 6) is 0. The van der Waals surface area contributed by atoms with E-state index < -0.39 is 31.4 Å². The average molecular weight is 605 g/mol. The van der Waals surface area contributed by atoms with Crippen molar-refractivity contribution in [1.82, 2.24) is 0 Å². The minimum absolute atomic E-state index is 0.167. The van der Waals surface area contributed by atoms with E-state index in [1.165, 1.54) is 12.1 Å². The molecule has 0 fully saturated rings. The van der Waals surface area contributed by atoms with Crippen LogP contribution in [0, 0.1) is 0 Å². The number of hydrogen-bond acceptors (Lipinski definition) is 1. The Hall–Kier alpha value is -4.19. The molecule has 0 aliphatic carbocycles. The van der Waals surface area contributed by atoms with Crippen LogP contribution in [0.1, 0.15) is 5.56 Å². The molecule has 0 heterocycles. The second kappa shape index (κ2) is 10.8. The van der Waals surface area contributed by atoms with Crippen molar-refractivity contribution in [2.24, 2.45) is 0 Å². The Morgan fingerprint density at radius 1 is 0.442 bits per heavy atom. The quantitative estimate of drug-likeness (QED) is 0.154. The normalized spacial score (nSPS) is 12.7. The van der Waals surface area contributed by atoms with Crippen molar-refractivity contribution in [2.75, 3.05) is 0 Å². The highest BCUT2D eigenvalue weighted by atomic mass is 31.1. The number of fused-ring (bicyclic) bond motifs is 2. The van der Waals surface area contributed by atoms with Gasteiger partial charge < -0.3 is 5.11 Å². The molecule has 0 saturated heterocycles. The molecule has 0 aromatic heterocycles. The van der Waals surface area contributed by atoms with Crippen molar-refractivity contribution in [3.63, 3.8) is 0 Å². The van der Waals surface area contributed by atoms with Gasteiger partial charge in [-0.1, -0.05) is 133 Å². The van der Waals surface area contributed by atoms with Gasteiger partial charge in [0.05, 0.1) is 0 Å². The van der Waals surface area contributed by atoms with Crippen LogP contribution in [0.15, 0.2) is 133 Å². The van der Waals surface area contributed by atoms with Crippen LogP contribution in [0.2, 0.25) is 0 Å². The number of rotatable bonds is 5. The number of halogens is 6. The third kappa shape index (κ3) is 4.87. The molecule has 43 heavy (non-hydrogen) atoms. The number of aliphatic hydroxyl groups is 1. The van der Waals surface area contributed by atoms with Gasteiger partial charge in [-0.15, -0.1) is 0 Å². The van der Waals surface area contributed by atoms with E-state index in [4.69, 9.17) is 0 Å². The molecule has 1 nitrogen and oxygen atoms in total. The summed E-state index contributed by atoms with van der Waals surface area (Å²) < 4.78 is 87.1. The first-order valence-corrected chi connectivity index (χ1v) is 14.7. The topological polar surface area (TPSA) is 20.2 Å². The molecule has 0 aliphatic rings. The van der Waals surface area contributed by atoms with Crippen LogP contribution >= 0.6 is 7.92 Å². The molecule has 0 radical (unpaired) electrons. The fraction of sp³-hybridized carbons (Fsp3) is 0.0857. The average Bonchev–Trinajstić information content (AvgIpc) is 3.00. The zero-order chi connectivity index (χ0) is 30.4. The predicted octanol–water partition coefficient (Wildman–Crippen LogP) is 8.73. The van der Waals surface area contributed by atoms with Gasteiger partial charge in [-0.2, -0.15) is 26.3 Å². The van der Waals surface area contributed by atoms with Gasteiger partial charge in [0, 0.05) is 5.56 Å². The van der Waals surface area contributed by atoms with Crippen molar-refractivity contribution in [2.45, 2.75) is 18.0 Å². The Labute approximate surface area is 244 Å². The zero-order valence-electron chi connectivity index (χ0n) is 22.4. The largest absolute Gasteiger partial charge is 0.430 e. The monoisotopic (exact) mass is 604 g/mol. The van der Waals surface area contributed by atoms with Gasteiger partial charge in [0.1, 0.15) is 0 Å². The lowest BCUT2D eigenvalue weighted by atomic mass is 9.81. The highest BCUT2D eigenvalue weighted by molar-refractivity contribution is 7.80. The molecule has 0 unspecified atom stereocenters. The van der Waals surface area contributed by atoms with Gasteiger partial charge in [0.15, 0.2) is 0 Å². The van der Waals surface area contributed by atoms with E-state index in [0.717, 1.165) is 16.7 Å². The highest BCUT2D eigenvalue weighted by Crippen LogP contribution is 2.54. The van der Waals surface area contributed by atoms with Crippen LogP contribution in [0.25, 0.3) is 32.7 Å². The summed E-state index contributed by atoms with van der Waals surface area (Å²) >= 11 is 0. The minimum atomic E-state index is -6.06. The van der Waals surface area contributed by atoms with Crippen molar-refractivity contribution < 1.29 is 31.4 Å². The minimum Gasteiger partial charge on any atom is -0.369 e. The summed E-state index contributed by atoms with van der Waals surface area (Å²) in [7, 11) is -1.47. The smallest absolute Gasteiger partial charge is 0.369 e. The van der Waals surface area contributed by atoms with Gasteiger partial charge in [-0.3, -0.25) is 0 Å². The van der Waals surface area contributed by atoms with Crippen molar-refractivity contribution >= 4 is 45.4 Å². The molecule has 0 aliphatic heterocycles. The summed E-state index contributed by atoms with van der Waals surface area (Å²) in [4.78, 5) is 0. The molecule has 0 saturated carbocycles. The number of hydrogen-bond donors (Lipinski definition) is 1.